The fourth-order valence-electron chi connectivity index (χ4n) is 3.36. The zero-order chi connectivity index (χ0) is 12.9. The van der Waals surface area contributed by atoms with Crippen LogP contribution in [-0.2, 0) is 5.41 Å². The molecule has 2 aromatic rings. The van der Waals surface area contributed by atoms with E-state index in [9.17, 15) is 0 Å². The minimum Gasteiger partial charge on any atom is -0.496 e. The molecule has 19 heavy (non-hydrogen) atoms. The SMILES string of the molecule is COc1cccc2c1-c1ccccc1C21C=CC=C1. The second-order valence-electron chi connectivity index (χ2n) is 5.02. The Morgan fingerprint density at radius 3 is 2.37 bits per heavy atom. The van der Waals surface area contributed by atoms with E-state index in [0.717, 1.165) is 5.75 Å². The van der Waals surface area contributed by atoms with Crippen LogP contribution in [0.3, 0.4) is 0 Å². The van der Waals surface area contributed by atoms with Crippen molar-refractivity contribution in [3.05, 3.63) is 77.9 Å². The Morgan fingerprint density at radius 2 is 1.58 bits per heavy atom. The molecule has 1 spiro atoms. The molecule has 0 N–H and O–H groups in total. The van der Waals surface area contributed by atoms with Crippen LogP contribution in [0.1, 0.15) is 11.1 Å². The first-order valence-electron chi connectivity index (χ1n) is 6.51. The fourth-order valence-corrected chi connectivity index (χ4v) is 3.36. The summed E-state index contributed by atoms with van der Waals surface area (Å²) in [6, 6.07) is 14.9. The molecule has 0 fully saturated rings. The van der Waals surface area contributed by atoms with E-state index in [1.165, 1.54) is 22.3 Å². The van der Waals surface area contributed by atoms with Gasteiger partial charge >= 0.3 is 0 Å². The third-order valence-corrected chi connectivity index (χ3v) is 4.16. The largest absolute Gasteiger partial charge is 0.496 e. The molecule has 2 aliphatic carbocycles. The van der Waals surface area contributed by atoms with Crippen LogP contribution in [0, 0.1) is 0 Å². The van der Waals surface area contributed by atoms with Gasteiger partial charge in [-0.25, -0.2) is 0 Å². The summed E-state index contributed by atoms with van der Waals surface area (Å²) in [5, 5.41) is 0. The van der Waals surface area contributed by atoms with Crippen LogP contribution < -0.4 is 4.74 Å². The van der Waals surface area contributed by atoms with Crippen molar-refractivity contribution in [1.82, 2.24) is 0 Å². The molecule has 0 aromatic heterocycles. The zero-order valence-corrected chi connectivity index (χ0v) is 10.8. The van der Waals surface area contributed by atoms with Gasteiger partial charge in [-0.1, -0.05) is 60.7 Å². The molecule has 0 radical (unpaired) electrons. The summed E-state index contributed by atoms with van der Waals surface area (Å²) in [4.78, 5) is 0. The Bertz CT molecular complexity index is 710. The summed E-state index contributed by atoms with van der Waals surface area (Å²) in [6.45, 7) is 0. The summed E-state index contributed by atoms with van der Waals surface area (Å²) in [6.07, 6.45) is 8.81. The van der Waals surface area contributed by atoms with Crippen molar-refractivity contribution < 1.29 is 4.74 Å². The summed E-state index contributed by atoms with van der Waals surface area (Å²) in [5.41, 5.74) is 5.08. The molecule has 0 atom stereocenters. The van der Waals surface area contributed by atoms with Gasteiger partial charge in [-0.2, -0.15) is 0 Å². The Hall–Kier alpha value is -2.28. The minimum atomic E-state index is -0.0968. The Balaban J connectivity index is 2.15. The molecule has 92 valence electrons. The number of ether oxygens (including phenoxy) is 1. The smallest absolute Gasteiger partial charge is 0.127 e. The van der Waals surface area contributed by atoms with Crippen LogP contribution in [0.25, 0.3) is 11.1 Å². The third kappa shape index (κ3) is 1.20. The monoisotopic (exact) mass is 246 g/mol. The lowest BCUT2D eigenvalue weighted by molar-refractivity contribution is 0.416. The van der Waals surface area contributed by atoms with Gasteiger partial charge in [0.1, 0.15) is 5.75 Å². The molecule has 0 unspecified atom stereocenters. The number of allylic oxidation sites excluding steroid dienone is 4. The first-order valence-corrected chi connectivity index (χ1v) is 6.51. The van der Waals surface area contributed by atoms with Gasteiger partial charge in [-0.05, 0) is 22.8 Å². The van der Waals surface area contributed by atoms with Crippen LogP contribution >= 0.6 is 0 Å². The summed E-state index contributed by atoms with van der Waals surface area (Å²) < 4.78 is 5.57. The predicted octanol–water partition coefficient (Wildman–Crippen LogP) is 4.09. The first-order chi connectivity index (χ1) is 9.37. The molecule has 2 aromatic carbocycles. The Morgan fingerprint density at radius 1 is 0.842 bits per heavy atom. The molecular formula is C18H14O. The molecule has 4 rings (SSSR count). The van der Waals surface area contributed by atoms with Crippen molar-refractivity contribution in [2.75, 3.05) is 7.11 Å². The van der Waals surface area contributed by atoms with Crippen molar-refractivity contribution in [3.8, 4) is 16.9 Å². The van der Waals surface area contributed by atoms with Crippen LogP contribution in [0.4, 0.5) is 0 Å². The van der Waals surface area contributed by atoms with Crippen LogP contribution in [0.2, 0.25) is 0 Å². The Kier molecular flexibility index (Phi) is 2.02. The first kappa shape index (κ1) is 10.6. The average Bonchev–Trinajstić information content (AvgIpc) is 3.06. The highest BCUT2D eigenvalue weighted by Crippen LogP contribution is 2.54. The van der Waals surface area contributed by atoms with Gasteiger partial charge in [0, 0.05) is 5.56 Å². The molecule has 2 aliphatic rings. The molecule has 0 amide bonds. The zero-order valence-electron chi connectivity index (χ0n) is 10.8. The van der Waals surface area contributed by atoms with Gasteiger partial charge < -0.3 is 4.74 Å². The van der Waals surface area contributed by atoms with Gasteiger partial charge in [0.25, 0.3) is 0 Å². The number of hydrogen-bond donors (Lipinski definition) is 0. The van der Waals surface area contributed by atoms with Crippen molar-refractivity contribution in [2.45, 2.75) is 5.41 Å². The number of fused-ring (bicyclic) bond motifs is 5. The van der Waals surface area contributed by atoms with E-state index in [1.54, 1.807) is 7.11 Å². The van der Waals surface area contributed by atoms with Gasteiger partial charge in [-0.3, -0.25) is 0 Å². The van der Waals surface area contributed by atoms with E-state index in [2.05, 4.69) is 60.7 Å². The second kappa shape index (κ2) is 3.61. The highest BCUT2D eigenvalue weighted by atomic mass is 16.5. The third-order valence-electron chi connectivity index (χ3n) is 4.16. The van der Waals surface area contributed by atoms with Crippen LogP contribution in [0.5, 0.6) is 5.75 Å². The maximum Gasteiger partial charge on any atom is 0.127 e. The number of hydrogen-bond acceptors (Lipinski definition) is 1. The van der Waals surface area contributed by atoms with E-state index in [0.29, 0.717) is 0 Å². The summed E-state index contributed by atoms with van der Waals surface area (Å²) in [7, 11) is 1.74. The maximum absolute atomic E-state index is 5.57. The number of benzene rings is 2. The summed E-state index contributed by atoms with van der Waals surface area (Å²) in [5.74, 6) is 0.954. The topological polar surface area (TPSA) is 9.23 Å². The molecule has 0 saturated carbocycles. The highest BCUT2D eigenvalue weighted by Gasteiger charge is 2.41. The van der Waals surface area contributed by atoms with Gasteiger partial charge in [0.15, 0.2) is 0 Å². The number of methoxy groups -OCH3 is 1. The van der Waals surface area contributed by atoms with E-state index in [4.69, 9.17) is 4.74 Å². The van der Waals surface area contributed by atoms with Crippen molar-refractivity contribution in [1.29, 1.82) is 0 Å². The van der Waals surface area contributed by atoms with Gasteiger partial charge in [0.2, 0.25) is 0 Å². The van der Waals surface area contributed by atoms with Crippen LogP contribution in [0.15, 0.2) is 66.8 Å². The van der Waals surface area contributed by atoms with Crippen LogP contribution in [-0.4, -0.2) is 7.11 Å². The molecule has 0 bridgehead atoms. The van der Waals surface area contributed by atoms with Crippen molar-refractivity contribution in [3.63, 3.8) is 0 Å². The lowest BCUT2D eigenvalue weighted by atomic mass is 9.80. The second-order valence-corrected chi connectivity index (χ2v) is 5.02. The van der Waals surface area contributed by atoms with E-state index in [1.807, 2.05) is 6.07 Å². The summed E-state index contributed by atoms with van der Waals surface area (Å²) >= 11 is 0. The normalized spacial score (nSPS) is 16.7. The van der Waals surface area contributed by atoms with Crippen molar-refractivity contribution >= 4 is 0 Å². The lowest BCUT2D eigenvalue weighted by Gasteiger charge is -2.22. The van der Waals surface area contributed by atoms with E-state index < -0.39 is 0 Å². The van der Waals surface area contributed by atoms with Gasteiger partial charge in [0.05, 0.1) is 12.5 Å². The van der Waals surface area contributed by atoms with Gasteiger partial charge in [-0.15, -0.1) is 0 Å². The molecule has 1 nitrogen and oxygen atoms in total. The standard InChI is InChI=1S/C18H14O/c1-19-16-10-6-9-15-17(16)13-7-2-3-8-14(13)18(15)11-4-5-12-18/h2-12H,1H3. The maximum atomic E-state index is 5.57. The average molecular weight is 246 g/mol. The van der Waals surface area contributed by atoms with E-state index in [-0.39, 0.29) is 5.41 Å². The molecular weight excluding hydrogens is 232 g/mol. The molecule has 1 heteroatoms. The molecule has 0 aliphatic heterocycles. The molecule has 0 saturated heterocycles. The predicted molar refractivity (Wildman–Crippen MR) is 77.5 cm³/mol. The highest BCUT2D eigenvalue weighted by molar-refractivity contribution is 5.88. The Labute approximate surface area is 112 Å². The number of rotatable bonds is 1. The molecule has 0 heterocycles. The quantitative estimate of drug-likeness (QED) is 0.736. The van der Waals surface area contributed by atoms with Crippen molar-refractivity contribution in [2.24, 2.45) is 0 Å². The fraction of sp³-hybridized carbons (Fsp3) is 0.111. The minimum absolute atomic E-state index is 0.0968. The van der Waals surface area contributed by atoms with E-state index >= 15 is 0 Å². The lowest BCUT2D eigenvalue weighted by Crippen LogP contribution is -2.17.